The Morgan fingerprint density at radius 2 is 2.38 bits per heavy atom. The van der Waals surface area contributed by atoms with Gasteiger partial charge in [-0.1, -0.05) is 6.92 Å². The highest BCUT2D eigenvalue weighted by atomic mass is 35.5. The van der Waals surface area contributed by atoms with Crippen molar-refractivity contribution in [3.63, 3.8) is 0 Å². The Kier molecular flexibility index (Phi) is 3.64. The third-order valence-corrected chi connectivity index (χ3v) is 3.61. The highest BCUT2D eigenvalue weighted by Gasteiger charge is 2.25. The number of alkyl halides is 1. The average molecular weight is 240 g/mol. The monoisotopic (exact) mass is 239 g/mol. The highest BCUT2D eigenvalue weighted by Crippen LogP contribution is 2.24. The van der Waals surface area contributed by atoms with Gasteiger partial charge in [0.2, 0.25) is 5.95 Å². The van der Waals surface area contributed by atoms with Crippen molar-refractivity contribution in [3.05, 3.63) is 17.5 Å². The first-order valence-corrected chi connectivity index (χ1v) is 6.44. The molecule has 2 heterocycles. The first-order valence-electron chi connectivity index (χ1n) is 5.91. The van der Waals surface area contributed by atoms with Crippen LogP contribution in [-0.2, 0) is 5.88 Å². The fourth-order valence-electron chi connectivity index (χ4n) is 2.27. The van der Waals surface area contributed by atoms with Gasteiger partial charge in [0.05, 0.1) is 5.88 Å². The first-order chi connectivity index (χ1) is 7.76. The molecule has 1 aromatic heterocycles. The van der Waals surface area contributed by atoms with E-state index < -0.39 is 0 Å². The number of hydrogen-bond donors (Lipinski definition) is 0. The molecule has 0 radical (unpaired) electrons. The van der Waals surface area contributed by atoms with Gasteiger partial charge in [-0.25, -0.2) is 9.97 Å². The van der Waals surface area contributed by atoms with Crippen LogP contribution in [0.5, 0.6) is 0 Å². The van der Waals surface area contributed by atoms with Crippen LogP contribution in [0.15, 0.2) is 6.20 Å². The number of halogens is 1. The Morgan fingerprint density at radius 3 is 3.00 bits per heavy atom. The van der Waals surface area contributed by atoms with Crippen LogP contribution < -0.4 is 4.90 Å². The van der Waals surface area contributed by atoms with Crippen molar-refractivity contribution in [3.8, 4) is 0 Å². The van der Waals surface area contributed by atoms with Crippen molar-refractivity contribution < 1.29 is 0 Å². The maximum Gasteiger partial charge on any atom is 0.225 e. The molecule has 3 nitrogen and oxygen atoms in total. The van der Waals surface area contributed by atoms with Gasteiger partial charge in [-0.05, 0) is 26.2 Å². The van der Waals surface area contributed by atoms with E-state index in [-0.39, 0.29) is 0 Å². The van der Waals surface area contributed by atoms with Gasteiger partial charge in [0.1, 0.15) is 0 Å². The van der Waals surface area contributed by atoms with Gasteiger partial charge < -0.3 is 4.90 Å². The smallest absolute Gasteiger partial charge is 0.225 e. The fraction of sp³-hybridized carbons (Fsp3) is 0.667. The molecule has 88 valence electrons. The van der Waals surface area contributed by atoms with Crippen LogP contribution >= 0.6 is 11.6 Å². The van der Waals surface area contributed by atoms with Gasteiger partial charge >= 0.3 is 0 Å². The van der Waals surface area contributed by atoms with Crippen LogP contribution in [0.4, 0.5) is 5.95 Å². The molecule has 2 rings (SSSR count). The Balaban J connectivity index is 2.23. The summed E-state index contributed by atoms with van der Waals surface area (Å²) in [6.45, 7) is 5.31. The zero-order valence-corrected chi connectivity index (χ0v) is 10.7. The zero-order valence-electron chi connectivity index (χ0n) is 9.91. The Morgan fingerprint density at radius 1 is 1.56 bits per heavy atom. The molecular formula is C12H18ClN3. The Bertz CT molecular complexity index is 367. The summed E-state index contributed by atoms with van der Waals surface area (Å²) in [4.78, 5) is 11.3. The summed E-state index contributed by atoms with van der Waals surface area (Å²) >= 11 is 5.81. The molecule has 0 spiro atoms. The molecule has 1 atom stereocenters. The van der Waals surface area contributed by atoms with E-state index >= 15 is 0 Å². The van der Waals surface area contributed by atoms with Crippen molar-refractivity contribution in [2.45, 2.75) is 45.0 Å². The number of aromatic nitrogens is 2. The van der Waals surface area contributed by atoms with Crippen molar-refractivity contribution in [1.82, 2.24) is 9.97 Å². The van der Waals surface area contributed by atoms with E-state index in [2.05, 4.69) is 21.8 Å². The number of hydrogen-bond acceptors (Lipinski definition) is 3. The molecule has 0 saturated carbocycles. The lowest BCUT2D eigenvalue weighted by atomic mass is 10.2. The molecule has 1 aromatic rings. The standard InChI is InChI=1S/C12H18ClN3/c1-3-11-5-4-6-16(11)12-14-8-10(7-13)9(2)15-12/h8,11H,3-7H2,1-2H3. The van der Waals surface area contributed by atoms with Crippen LogP contribution in [0.1, 0.15) is 37.4 Å². The lowest BCUT2D eigenvalue weighted by molar-refractivity contribution is 0.633. The predicted molar refractivity (Wildman–Crippen MR) is 67.0 cm³/mol. The van der Waals surface area contributed by atoms with Gasteiger partial charge in [0, 0.05) is 30.0 Å². The molecule has 1 saturated heterocycles. The maximum absolute atomic E-state index is 5.81. The molecular weight excluding hydrogens is 222 g/mol. The van der Waals surface area contributed by atoms with E-state index in [1.807, 2.05) is 13.1 Å². The summed E-state index contributed by atoms with van der Waals surface area (Å²) in [6.07, 6.45) is 5.53. The zero-order chi connectivity index (χ0) is 11.5. The SMILES string of the molecule is CCC1CCCN1c1ncc(CCl)c(C)n1. The summed E-state index contributed by atoms with van der Waals surface area (Å²) in [5, 5.41) is 0. The number of nitrogens with zero attached hydrogens (tertiary/aromatic N) is 3. The van der Waals surface area contributed by atoms with Crippen molar-refractivity contribution >= 4 is 17.5 Å². The molecule has 1 fully saturated rings. The van der Waals surface area contributed by atoms with Gasteiger partial charge in [0.15, 0.2) is 0 Å². The van der Waals surface area contributed by atoms with Crippen LogP contribution in [0.3, 0.4) is 0 Å². The van der Waals surface area contributed by atoms with Crippen LogP contribution in [-0.4, -0.2) is 22.6 Å². The second-order valence-corrected chi connectivity index (χ2v) is 4.58. The fourth-order valence-corrected chi connectivity index (χ4v) is 2.54. The van der Waals surface area contributed by atoms with Gasteiger partial charge in [0.25, 0.3) is 0 Å². The summed E-state index contributed by atoms with van der Waals surface area (Å²) in [7, 11) is 0. The van der Waals surface area contributed by atoms with E-state index in [9.17, 15) is 0 Å². The van der Waals surface area contributed by atoms with Crippen molar-refractivity contribution in [1.29, 1.82) is 0 Å². The topological polar surface area (TPSA) is 29.0 Å². The van der Waals surface area contributed by atoms with Gasteiger partial charge in [-0.2, -0.15) is 0 Å². The first kappa shape index (κ1) is 11.6. The van der Waals surface area contributed by atoms with Crippen molar-refractivity contribution in [2.75, 3.05) is 11.4 Å². The minimum absolute atomic E-state index is 0.489. The second-order valence-electron chi connectivity index (χ2n) is 4.31. The van der Waals surface area contributed by atoms with E-state index in [0.29, 0.717) is 11.9 Å². The minimum atomic E-state index is 0.489. The maximum atomic E-state index is 5.81. The largest absolute Gasteiger partial charge is 0.338 e. The molecule has 0 bridgehead atoms. The molecule has 0 aliphatic carbocycles. The molecule has 0 N–H and O–H groups in total. The third-order valence-electron chi connectivity index (χ3n) is 3.32. The van der Waals surface area contributed by atoms with E-state index in [0.717, 1.165) is 23.8 Å². The number of anilines is 1. The van der Waals surface area contributed by atoms with E-state index in [1.54, 1.807) is 0 Å². The number of aryl methyl sites for hydroxylation is 1. The van der Waals surface area contributed by atoms with Crippen LogP contribution in [0.25, 0.3) is 0 Å². The van der Waals surface area contributed by atoms with E-state index in [1.165, 1.54) is 19.3 Å². The number of rotatable bonds is 3. The highest BCUT2D eigenvalue weighted by molar-refractivity contribution is 6.17. The summed E-state index contributed by atoms with van der Waals surface area (Å²) in [5.74, 6) is 1.36. The van der Waals surface area contributed by atoms with Gasteiger partial charge in [-0.15, -0.1) is 11.6 Å². The van der Waals surface area contributed by atoms with E-state index in [4.69, 9.17) is 11.6 Å². The normalized spacial score (nSPS) is 20.4. The Hall–Kier alpha value is -0.830. The van der Waals surface area contributed by atoms with Crippen LogP contribution in [0.2, 0.25) is 0 Å². The predicted octanol–water partition coefficient (Wildman–Crippen LogP) is 2.90. The summed E-state index contributed by atoms with van der Waals surface area (Å²) in [5.41, 5.74) is 2.03. The molecule has 1 unspecified atom stereocenters. The molecule has 4 heteroatoms. The lowest BCUT2D eigenvalue weighted by Gasteiger charge is -2.23. The molecule has 0 amide bonds. The molecule has 1 aliphatic heterocycles. The third kappa shape index (κ3) is 2.14. The lowest BCUT2D eigenvalue weighted by Crippen LogP contribution is -2.30. The Labute approximate surface area is 102 Å². The average Bonchev–Trinajstić information content (AvgIpc) is 2.77. The second kappa shape index (κ2) is 5.00. The summed E-state index contributed by atoms with van der Waals surface area (Å²) in [6, 6.07) is 0.612. The quantitative estimate of drug-likeness (QED) is 0.760. The molecule has 1 aliphatic rings. The molecule has 0 aromatic carbocycles. The molecule has 16 heavy (non-hydrogen) atoms. The van der Waals surface area contributed by atoms with Crippen molar-refractivity contribution in [2.24, 2.45) is 0 Å². The van der Waals surface area contributed by atoms with Gasteiger partial charge in [-0.3, -0.25) is 0 Å². The van der Waals surface area contributed by atoms with Crippen LogP contribution in [0, 0.1) is 6.92 Å². The summed E-state index contributed by atoms with van der Waals surface area (Å²) < 4.78 is 0. The minimum Gasteiger partial charge on any atom is -0.338 e.